The topological polar surface area (TPSA) is 88.6 Å². The number of aryl methyl sites for hydroxylation is 1. The summed E-state index contributed by atoms with van der Waals surface area (Å²) in [7, 11) is -0.613. The van der Waals surface area contributed by atoms with E-state index in [0.717, 1.165) is 10.1 Å². The quantitative estimate of drug-likeness (QED) is 0.873. The van der Waals surface area contributed by atoms with Crippen LogP contribution in [0.25, 0.3) is 0 Å². The molecule has 2 heterocycles. The van der Waals surface area contributed by atoms with Crippen LogP contribution >= 0.6 is 0 Å². The number of hydrogen-bond donors (Lipinski definition) is 1. The summed E-state index contributed by atoms with van der Waals surface area (Å²) < 4.78 is 35.7. The molecule has 1 atom stereocenters. The minimum absolute atomic E-state index is 0.0658. The van der Waals surface area contributed by atoms with E-state index in [9.17, 15) is 8.42 Å². The van der Waals surface area contributed by atoms with E-state index in [1.54, 1.807) is 12.3 Å². The summed E-state index contributed by atoms with van der Waals surface area (Å²) >= 11 is 0. The summed E-state index contributed by atoms with van der Waals surface area (Å²) in [5.74, 6) is 1.86. The fourth-order valence-corrected chi connectivity index (χ4v) is 2.50. The number of rotatable bonds is 6. The third-order valence-electron chi connectivity index (χ3n) is 2.96. The third-order valence-corrected chi connectivity index (χ3v) is 4.65. The van der Waals surface area contributed by atoms with Crippen molar-refractivity contribution >= 4 is 10.0 Å². The van der Waals surface area contributed by atoms with Crippen molar-refractivity contribution in [3.05, 3.63) is 35.7 Å². The minimum atomic E-state index is -3.54. The summed E-state index contributed by atoms with van der Waals surface area (Å²) in [5, 5.41) is 3.10. The molecule has 1 N–H and O–H groups in total. The minimum Gasteiger partial charge on any atom is -0.447 e. The highest BCUT2D eigenvalue weighted by molar-refractivity contribution is 7.88. The van der Waals surface area contributed by atoms with E-state index < -0.39 is 10.0 Å². The molecule has 0 aliphatic rings. The van der Waals surface area contributed by atoms with Crippen LogP contribution in [0.2, 0.25) is 0 Å². The first-order chi connectivity index (χ1) is 9.80. The fourth-order valence-electron chi connectivity index (χ4n) is 1.69. The van der Waals surface area contributed by atoms with Crippen LogP contribution < -0.4 is 5.32 Å². The molecule has 2 rings (SSSR count). The van der Waals surface area contributed by atoms with Gasteiger partial charge in [0, 0.05) is 14.1 Å². The average molecular weight is 313 g/mol. The van der Waals surface area contributed by atoms with Crippen molar-refractivity contribution in [1.29, 1.82) is 0 Å². The number of furan rings is 1. The molecule has 0 amide bonds. The van der Waals surface area contributed by atoms with Crippen molar-refractivity contribution in [3.8, 4) is 0 Å². The first kappa shape index (κ1) is 15.7. The molecule has 21 heavy (non-hydrogen) atoms. The van der Waals surface area contributed by atoms with Gasteiger partial charge in [0.15, 0.2) is 0 Å². The van der Waals surface area contributed by atoms with Gasteiger partial charge in [-0.05, 0) is 26.0 Å². The van der Waals surface area contributed by atoms with Crippen LogP contribution in [0.5, 0.6) is 0 Å². The van der Waals surface area contributed by atoms with Gasteiger partial charge < -0.3 is 8.83 Å². The van der Waals surface area contributed by atoms with E-state index >= 15 is 0 Å². The van der Waals surface area contributed by atoms with Gasteiger partial charge in [0.05, 0.1) is 18.8 Å². The zero-order valence-electron chi connectivity index (χ0n) is 12.5. The Morgan fingerprint density at radius 2 is 2.05 bits per heavy atom. The van der Waals surface area contributed by atoms with Crippen molar-refractivity contribution in [1.82, 2.24) is 14.6 Å². The first-order valence-corrected chi connectivity index (χ1v) is 7.91. The average Bonchev–Trinajstić information content (AvgIpc) is 3.04. The Morgan fingerprint density at radius 1 is 1.33 bits per heavy atom. The van der Waals surface area contributed by atoms with E-state index in [1.165, 1.54) is 20.2 Å². The SMILES string of the molecule is Cc1cnc(C(C)NCc2ccc(S(=O)(=O)N(C)C)o2)o1. The molecule has 7 nitrogen and oxygen atoms in total. The van der Waals surface area contributed by atoms with E-state index in [0.29, 0.717) is 18.2 Å². The van der Waals surface area contributed by atoms with E-state index in [1.807, 2.05) is 13.8 Å². The lowest BCUT2D eigenvalue weighted by atomic mass is 10.3. The molecule has 2 aromatic rings. The molecule has 0 saturated heterocycles. The Hall–Kier alpha value is -1.64. The molecule has 0 radical (unpaired) electrons. The maximum Gasteiger partial charge on any atom is 0.275 e. The molecule has 0 aliphatic carbocycles. The van der Waals surface area contributed by atoms with Gasteiger partial charge in [-0.1, -0.05) is 0 Å². The van der Waals surface area contributed by atoms with E-state index in [-0.39, 0.29) is 11.1 Å². The summed E-state index contributed by atoms with van der Waals surface area (Å²) in [5.41, 5.74) is 0. The highest BCUT2D eigenvalue weighted by Gasteiger charge is 2.21. The Balaban J connectivity index is 2.00. The Labute approximate surface area is 124 Å². The van der Waals surface area contributed by atoms with Crippen LogP contribution in [0.4, 0.5) is 0 Å². The monoisotopic (exact) mass is 313 g/mol. The third kappa shape index (κ3) is 3.52. The number of nitrogens with one attached hydrogen (secondary N) is 1. The highest BCUT2D eigenvalue weighted by atomic mass is 32.2. The van der Waals surface area contributed by atoms with Crippen LogP contribution in [-0.4, -0.2) is 31.8 Å². The molecule has 0 aliphatic heterocycles. The van der Waals surface area contributed by atoms with Crippen molar-refractivity contribution < 1.29 is 17.3 Å². The maximum absolute atomic E-state index is 11.9. The van der Waals surface area contributed by atoms with Gasteiger partial charge in [0.25, 0.3) is 10.0 Å². The zero-order chi connectivity index (χ0) is 15.6. The van der Waals surface area contributed by atoms with Crippen LogP contribution in [0.15, 0.2) is 32.3 Å². The second kappa shape index (κ2) is 6.00. The molecular weight excluding hydrogens is 294 g/mol. The Kier molecular flexibility index (Phi) is 4.50. The van der Waals surface area contributed by atoms with Gasteiger partial charge >= 0.3 is 0 Å². The van der Waals surface area contributed by atoms with Crippen LogP contribution in [0, 0.1) is 6.92 Å². The van der Waals surface area contributed by atoms with E-state index in [2.05, 4.69) is 10.3 Å². The molecule has 2 aromatic heterocycles. The Bertz CT molecular complexity index is 703. The van der Waals surface area contributed by atoms with Crippen molar-refractivity contribution in [2.24, 2.45) is 0 Å². The molecule has 0 spiro atoms. The molecule has 0 bridgehead atoms. The van der Waals surface area contributed by atoms with Crippen molar-refractivity contribution in [2.75, 3.05) is 14.1 Å². The van der Waals surface area contributed by atoms with Gasteiger partial charge in [-0.25, -0.2) is 17.7 Å². The lowest BCUT2D eigenvalue weighted by Gasteiger charge is -2.09. The predicted molar refractivity (Wildman–Crippen MR) is 76.1 cm³/mol. The summed E-state index contributed by atoms with van der Waals surface area (Å²) in [6.45, 7) is 4.12. The predicted octanol–water partition coefficient (Wildman–Crippen LogP) is 1.68. The summed E-state index contributed by atoms with van der Waals surface area (Å²) in [6, 6.07) is 2.99. The number of hydrogen-bond acceptors (Lipinski definition) is 6. The smallest absolute Gasteiger partial charge is 0.275 e. The summed E-state index contributed by atoms with van der Waals surface area (Å²) in [6.07, 6.45) is 1.65. The van der Waals surface area contributed by atoms with Gasteiger partial charge in [-0.3, -0.25) is 5.32 Å². The lowest BCUT2D eigenvalue weighted by Crippen LogP contribution is -2.21. The molecule has 8 heteroatoms. The molecule has 0 saturated carbocycles. The van der Waals surface area contributed by atoms with Gasteiger partial charge in [0.1, 0.15) is 11.5 Å². The van der Waals surface area contributed by atoms with Crippen LogP contribution in [-0.2, 0) is 16.6 Å². The first-order valence-electron chi connectivity index (χ1n) is 6.47. The second-order valence-electron chi connectivity index (χ2n) is 4.92. The Morgan fingerprint density at radius 3 is 2.62 bits per heavy atom. The molecule has 1 unspecified atom stereocenters. The van der Waals surface area contributed by atoms with Crippen molar-refractivity contribution in [3.63, 3.8) is 0 Å². The molecule has 0 fully saturated rings. The van der Waals surface area contributed by atoms with Gasteiger partial charge in [-0.15, -0.1) is 0 Å². The second-order valence-corrected chi connectivity index (χ2v) is 7.00. The lowest BCUT2D eigenvalue weighted by molar-refractivity contribution is 0.361. The number of aromatic nitrogens is 1. The molecule has 116 valence electrons. The number of oxazole rings is 1. The van der Waals surface area contributed by atoms with Crippen molar-refractivity contribution in [2.45, 2.75) is 31.5 Å². The van der Waals surface area contributed by atoms with E-state index in [4.69, 9.17) is 8.83 Å². The molecule has 0 aromatic carbocycles. The highest BCUT2D eigenvalue weighted by Crippen LogP contribution is 2.18. The largest absolute Gasteiger partial charge is 0.447 e. The van der Waals surface area contributed by atoms with Gasteiger partial charge in [0.2, 0.25) is 11.0 Å². The number of sulfonamides is 1. The maximum atomic E-state index is 11.9. The van der Waals surface area contributed by atoms with Crippen LogP contribution in [0.1, 0.15) is 30.4 Å². The standard InChI is InChI=1S/C13H19N3O4S/c1-9-7-15-13(19-9)10(2)14-8-11-5-6-12(20-11)21(17,18)16(3)4/h5-7,10,14H,8H2,1-4H3. The van der Waals surface area contributed by atoms with Crippen LogP contribution in [0.3, 0.4) is 0 Å². The number of nitrogens with zero attached hydrogens (tertiary/aromatic N) is 2. The molecular formula is C13H19N3O4S. The fraction of sp³-hybridized carbons (Fsp3) is 0.462. The van der Waals surface area contributed by atoms with Gasteiger partial charge in [-0.2, -0.15) is 0 Å². The normalized spacial score (nSPS) is 13.8. The summed E-state index contributed by atoms with van der Waals surface area (Å²) in [4.78, 5) is 4.13. The zero-order valence-corrected chi connectivity index (χ0v) is 13.3.